The van der Waals surface area contributed by atoms with Crippen LogP contribution in [0, 0.1) is 5.92 Å². The van der Waals surface area contributed by atoms with E-state index in [2.05, 4.69) is 15.6 Å². The van der Waals surface area contributed by atoms with Crippen LogP contribution >= 0.6 is 0 Å². The van der Waals surface area contributed by atoms with E-state index in [4.69, 9.17) is 9.47 Å². The molecule has 0 spiro atoms. The van der Waals surface area contributed by atoms with Crippen molar-refractivity contribution in [1.82, 2.24) is 15.0 Å². The lowest BCUT2D eigenvalue weighted by Gasteiger charge is -2.21. The standard InChI is InChI=1S/C19H27BN4O5/c1-12(2)17(22-20(3)27)18(25)21-16-10-15(19(26)29-5)24(23-16)11-13-6-8-14(28-4)9-7-13/h6-10,12,17,22,27H,11H2,1-5H3,(H,21,23,25). The monoisotopic (exact) mass is 402 g/mol. The van der Waals surface area contributed by atoms with Gasteiger partial charge in [0.15, 0.2) is 5.82 Å². The molecule has 1 unspecified atom stereocenters. The number of nitrogens with one attached hydrogen (secondary N) is 2. The first kappa shape index (κ1) is 22.4. The first-order valence-corrected chi connectivity index (χ1v) is 9.29. The van der Waals surface area contributed by atoms with E-state index in [0.717, 1.165) is 11.3 Å². The highest BCUT2D eigenvalue weighted by atomic mass is 16.5. The number of ether oxygens (including phenoxy) is 2. The molecule has 0 radical (unpaired) electrons. The maximum Gasteiger partial charge on any atom is 0.374 e. The van der Waals surface area contributed by atoms with E-state index in [-0.39, 0.29) is 23.3 Å². The van der Waals surface area contributed by atoms with Gasteiger partial charge in [0.25, 0.3) is 0 Å². The molecule has 0 aliphatic rings. The highest BCUT2D eigenvalue weighted by molar-refractivity contribution is 6.46. The van der Waals surface area contributed by atoms with E-state index in [1.807, 2.05) is 38.1 Å². The number of nitrogens with zero attached hydrogens (tertiary/aromatic N) is 2. The van der Waals surface area contributed by atoms with Gasteiger partial charge in [-0.1, -0.05) is 26.0 Å². The number of aromatic nitrogens is 2. The fourth-order valence-electron chi connectivity index (χ4n) is 2.81. The maximum absolute atomic E-state index is 12.6. The van der Waals surface area contributed by atoms with Crippen LogP contribution in [-0.2, 0) is 16.1 Å². The van der Waals surface area contributed by atoms with Crippen molar-refractivity contribution in [3.05, 3.63) is 41.6 Å². The Morgan fingerprint density at radius 1 is 1.24 bits per heavy atom. The van der Waals surface area contributed by atoms with E-state index >= 15 is 0 Å². The highest BCUT2D eigenvalue weighted by Crippen LogP contribution is 2.17. The summed E-state index contributed by atoms with van der Waals surface area (Å²) in [5, 5.41) is 19.4. The summed E-state index contributed by atoms with van der Waals surface area (Å²) >= 11 is 0. The fraction of sp³-hybridized carbons (Fsp3) is 0.421. The summed E-state index contributed by atoms with van der Waals surface area (Å²) in [6.45, 7) is 5.58. The molecule has 2 aromatic rings. The van der Waals surface area contributed by atoms with Gasteiger partial charge in [-0.15, -0.1) is 0 Å². The van der Waals surface area contributed by atoms with Crippen molar-refractivity contribution >= 4 is 24.7 Å². The Morgan fingerprint density at radius 2 is 1.90 bits per heavy atom. The molecule has 3 N–H and O–H groups in total. The zero-order valence-corrected chi connectivity index (χ0v) is 17.3. The molecular formula is C19H27BN4O5. The lowest BCUT2D eigenvalue weighted by atomic mass is 9.85. The summed E-state index contributed by atoms with van der Waals surface area (Å²) in [4.78, 5) is 24.8. The molecule has 1 atom stereocenters. The predicted molar refractivity (Wildman–Crippen MR) is 110 cm³/mol. The minimum absolute atomic E-state index is 0.0638. The SMILES string of the molecule is COC(=O)c1cc(NC(=O)C(NB(C)O)C(C)C)nn1Cc1ccc(OC)cc1. The van der Waals surface area contributed by atoms with Crippen molar-refractivity contribution < 1.29 is 24.1 Å². The van der Waals surface area contributed by atoms with E-state index in [1.165, 1.54) is 17.9 Å². The van der Waals surface area contributed by atoms with Gasteiger partial charge in [0.2, 0.25) is 5.91 Å². The minimum Gasteiger partial charge on any atom is -0.497 e. The van der Waals surface area contributed by atoms with Crippen LogP contribution in [0.2, 0.25) is 6.82 Å². The molecule has 1 aromatic heterocycles. The van der Waals surface area contributed by atoms with Gasteiger partial charge in [0, 0.05) is 6.07 Å². The molecule has 9 nitrogen and oxygen atoms in total. The summed E-state index contributed by atoms with van der Waals surface area (Å²) in [6.07, 6.45) is 0. The van der Waals surface area contributed by atoms with E-state index in [1.54, 1.807) is 13.9 Å². The van der Waals surface area contributed by atoms with Gasteiger partial charge >= 0.3 is 13.0 Å². The Labute approximate surface area is 170 Å². The molecule has 0 fully saturated rings. The Morgan fingerprint density at radius 3 is 2.41 bits per heavy atom. The van der Waals surface area contributed by atoms with E-state index in [9.17, 15) is 14.6 Å². The molecule has 0 aliphatic carbocycles. The third-order valence-corrected chi connectivity index (χ3v) is 4.29. The number of methoxy groups -OCH3 is 2. The predicted octanol–water partition coefficient (Wildman–Crippen LogP) is 1.39. The van der Waals surface area contributed by atoms with Crippen LogP contribution in [0.3, 0.4) is 0 Å². The van der Waals surface area contributed by atoms with Gasteiger partial charge in [-0.05, 0) is 30.4 Å². The quantitative estimate of drug-likeness (QED) is 0.429. The van der Waals surface area contributed by atoms with E-state index < -0.39 is 19.1 Å². The zero-order valence-electron chi connectivity index (χ0n) is 17.3. The molecule has 10 heteroatoms. The molecule has 0 saturated carbocycles. The number of hydrogen-bond donors (Lipinski definition) is 3. The first-order valence-electron chi connectivity index (χ1n) is 9.29. The molecule has 0 aliphatic heterocycles. The normalized spacial score (nSPS) is 11.8. The number of anilines is 1. The Bertz CT molecular complexity index is 836. The largest absolute Gasteiger partial charge is 0.497 e. The summed E-state index contributed by atoms with van der Waals surface area (Å²) in [5.41, 5.74) is 1.11. The smallest absolute Gasteiger partial charge is 0.374 e. The van der Waals surface area contributed by atoms with Gasteiger partial charge in [0.05, 0.1) is 26.8 Å². The van der Waals surface area contributed by atoms with Crippen molar-refractivity contribution in [2.45, 2.75) is 33.3 Å². The summed E-state index contributed by atoms with van der Waals surface area (Å²) in [6, 6.07) is 8.20. The average Bonchev–Trinajstić information content (AvgIpc) is 3.07. The van der Waals surface area contributed by atoms with Crippen LogP contribution < -0.4 is 15.3 Å². The first-order chi connectivity index (χ1) is 13.7. The summed E-state index contributed by atoms with van der Waals surface area (Å²) in [7, 11) is 2.03. The molecule has 0 saturated heterocycles. The van der Waals surface area contributed by atoms with Gasteiger partial charge in [-0.2, -0.15) is 5.10 Å². The van der Waals surface area contributed by atoms with Gasteiger partial charge < -0.3 is 25.0 Å². The third kappa shape index (κ3) is 6.07. The molecule has 2 rings (SSSR count). The lowest BCUT2D eigenvalue weighted by Crippen LogP contribution is -2.50. The minimum atomic E-state index is -0.841. The van der Waals surface area contributed by atoms with Crippen LogP contribution in [0.15, 0.2) is 30.3 Å². The van der Waals surface area contributed by atoms with Crippen LogP contribution in [-0.4, -0.2) is 54.0 Å². The van der Waals surface area contributed by atoms with Crippen molar-refractivity contribution in [3.63, 3.8) is 0 Å². The maximum atomic E-state index is 12.6. The molecule has 0 bridgehead atoms. The number of esters is 1. The van der Waals surface area contributed by atoms with Crippen molar-refractivity contribution in [3.8, 4) is 5.75 Å². The van der Waals surface area contributed by atoms with Crippen molar-refractivity contribution in [1.29, 1.82) is 0 Å². The van der Waals surface area contributed by atoms with Gasteiger partial charge in [0.1, 0.15) is 11.4 Å². The number of carbonyl (C=O) groups excluding carboxylic acids is 2. The summed E-state index contributed by atoms with van der Waals surface area (Å²) in [5.74, 6) is -0.0332. The lowest BCUT2D eigenvalue weighted by molar-refractivity contribution is -0.118. The Hall–Kier alpha value is -2.85. The number of benzene rings is 1. The fourth-order valence-corrected chi connectivity index (χ4v) is 2.81. The van der Waals surface area contributed by atoms with Crippen molar-refractivity contribution in [2.75, 3.05) is 19.5 Å². The van der Waals surface area contributed by atoms with E-state index in [0.29, 0.717) is 6.54 Å². The van der Waals surface area contributed by atoms with Gasteiger partial charge in [-0.25, -0.2) is 4.79 Å². The summed E-state index contributed by atoms with van der Waals surface area (Å²) < 4.78 is 11.4. The average molecular weight is 402 g/mol. The molecule has 29 heavy (non-hydrogen) atoms. The highest BCUT2D eigenvalue weighted by Gasteiger charge is 2.26. The van der Waals surface area contributed by atoms with Crippen molar-refractivity contribution in [2.24, 2.45) is 5.92 Å². The Kier molecular flexibility index (Phi) is 7.80. The van der Waals surface area contributed by atoms with Crippen LogP contribution in [0.5, 0.6) is 5.75 Å². The zero-order chi connectivity index (χ0) is 21.6. The van der Waals surface area contributed by atoms with Crippen LogP contribution in [0.4, 0.5) is 5.82 Å². The number of amides is 1. The topological polar surface area (TPSA) is 115 Å². The molecule has 1 amide bonds. The molecular weight excluding hydrogens is 375 g/mol. The second-order valence-corrected chi connectivity index (χ2v) is 6.97. The van der Waals surface area contributed by atoms with Crippen LogP contribution in [0.1, 0.15) is 29.9 Å². The second kappa shape index (κ2) is 10.1. The number of carbonyl (C=O) groups is 2. The number of hydrogen-bond acceptors (Lipinski definition) is 7. The molecule has 1 heterocycles. The van der Waals surface area contributed by atoms with Crippen LogP contribution in [0.25, 0.3) is 0 Å². The second-order valence-electron chi connectivity index (χ2n) is 6.97. The third-order valence-electron chi connectivity index (χ3n) is 4.29. The Balaban J connectivity index is 2.24. The molecule has 1 aromatic carbocycles. The number of rotatable bonds is 9. The van der Waals surface area contributed by atoms with Gasteiger partial charge in [-0.3, -0.25) is 9.48 Å². The molecule has 156 valence electrons.